The van der Waals surface area contributed by atoms with Crippen LogP contribution in [0.1, 0.15) is 34.0 Å². The molecule has 1 atom stereocenters. The van der Waals surface area contributed by atoms with Crippen molar-refractivity contribution in [1.82, 2.24) is 4.57 Å². The molecule has 0 unspecified atom stereocenters. The van der Waals surface area contributed by atoms with E-state index in [1.54, 1.807) is 38.5 Å². The van der Waals surface area contributed by atoms with E-state index in [1.165, 1.54) is 12.1 Å². The number of carbonyl (C=O) groups excluding carboxylic acids is 1. The van der Waals surface area contributed by atoms with Crippen LogP contribution in [0.15, 0.2) is 77.8 Å². The number of fused-ring (bicyclic) bond motifs is 4. The summed E-state index contributed by atoms with van der Waals surface area (Å²) in [5.74, 6) is 1.69. The average molecular weight is 547 g/mol. The lowest BCUT2D eigenvalue weighted by molar-refractivity contribution is 0.0979. The molecule has 2 aliphatic heterocycles. The van der Waals surface area contributed by atoms with Crippen LogP contribution in [0.25, 0.3) is 5.69 Å². The molecule has 9 nitrogen and oxygen atoms in total. The molecular weight excluding hydrogens is 520 g/mol. The molecule has 0 spiro atoms. The van der Waals surface area contributed by atoms with Gasteiger partial charge in [0, 0.05) is 47.6 Å². The first-order chi connectivity index (χ1) is 18.9. The standard InChI is InChI=1S/C29H26N2O7S/c1-35-27-16-22-24(17-28(27)36-2)31-11-3-4-23(31)21(15-25(22)32)18-5-7-19(8-6-18)30-39(33,34)20-9-10-26-29(14-20)38-13-12-37-26/h3-11,14,16-17,21,30H,12-13,15H2,1-2H3/t21-/m1/s1. The van der Waals surface area contributed by atoms with E-state index in [4.69, 9.17) is 18.9 Å². The molecule has 10 heteroatoms. The van der Waals surface area contributed by atoms with Crippen molar-refractivity contribution in [3.8, 4) is 28.7 Å². The lowest BCUT2D eigenvalue weighted by atomic mass is 9.90. The van der Waals surface area contributed by atoms with E-state index in [0.29, 0.717) is 47.5 Å². The Balaban J connectivity index is 1.29. The predicted molar refractivity (Wildman–Crippen MR) is 144 cm³/mol. The molecule has 2 aliphatic rings. The number of sulfonamides is 1. The maximum absolute atomic E-state index is 13.4. The first-order valence-electron chi connectivity index (χ1n) is 12.4. The van der Waals surface area contributed by atoms with Gasteiger partial charge in [0.15, 0.2) is 28.8 Å². The second-order valence-electron chi connectivity index (χ2n) is 9.24. The lowest BCUT2D eigenvalue weighted by Gasteiger charge is -2.19. The normalized spacial score (nSPS) is 16.1. The van der Waals surface area contributed by atoms with Gasteiger partial charge >= 0.3 is 0 Å². The van der Waals surface area contributed by atoms with Crippen LogP contribution in [-0.2, 0) is 10.0 Å². The van der Waals surface area contributed by atoms with Gasteiger partial charge in [-0.15, -0.1) is 0 Å². The Labute approximate surface area is 225 Å². The zero-order chi connectivity index (χ0) is 27.1. The Morgan fingerprint density at radius 1 is 0.897 bits per heavy atom. The molecule has 4 aromatic rings. The smallest absolute Gasteiger partial charge is 0.262 e. The van der Waals surface area contributed by atoms with Gasteiger partial charge in [-0.2, -0.15) is 0 Å². The summed E-state index contributed by atoms with van der Waals surface area (Å²) < 4.78 is 52.6. The van der Waals surface area contributed by atoms with Crippen molar-refractivity contribution in [1.29, 1.82) is 0 Å². The van der Waals surface area contributed by atoms with Crippen LogP contribution < -0.4 is 23.7 Å². The van der Waals surface area contributed by atoms with Gasteiger partial charge in [-0.25, -0.2) is 8.42 Å². The maximum Gasteiger partial charge on any atom is 0.262 e. The third-order valence-electron chi connectivity index (χ3n) is 6.98. The monoisotopic (exact) mass is 546 g/mol. The zero-order valence-corrected chi connectivity index (χ0v) is 22.2. The second kappa shape index (κ2) is 9.70. The van der Waals surface area contributed by atoms with Crippen molar-refractivity contribution in [2.75, 3.05) is 32.2 Å². The Morgan fingerprint density at radius 2 is 1.62 bits per heavy atom. The fraction of sp³-hybridized carbons (Fsp3) is 0.207. The maximum atomic E-state index is 13.4. The Bertz CT molecular complexity index is 1680. The van der Waals surface area contributed by atoms with Crippen LogP contribution >= 0.6 is 0 Å². The van der Waals surface area contributed by atoms with E-state index < -0.39 is 10.0 Å². The molecule has 200 valence electrons. The minimum Gasteiger partial charge on any atom is -0.493 e. The number of ether oxygens (including phenoxy) is 4. The van der Waals surface area contributed by atoms with Crippen LogP contribution in [0.2, 0.25) is 0 Å². The zero-order valence-electron chi connectivity index (χ0n) is 21.3. The highest BCUT2D eigenvalue weighted by molar-refractivity contribution is 7.92. The van der Waals surface area contributed by atoms with E-state index in [0.717, 1.165) is 16.9 Å². The first-order valence-corrected chi connectivity index (χ1v) is 13.9. The van der Waals surface area contributed by atoms with Crippen molar-refractivity contribution in [3.63, 3.8) is 0 Å². The van der Waals surface area contributed by atoms with Gasteiger partial charge in [-0.1, -0.05) is 12.1 Å². The molecule has 0 aliphatic carbocycles. The van der Waals surface area contributed by atoms with Crippen molar-refractivity contribution in [2.24, 2.45) is 0 Å². The molecule has 0 saturated heterocycles. The van der Waals surface area contributed by atoms with Crippen molar-refractivity contribution in [2.45, 2.75) is 17.2 Å². The van der Waals surface area contributed by atoms with Gasteiger partial charge in [0.25, 0.3) is 10.0 Å². The molecule has 3 heterocycles. The topological polar surface area (TPSA) is 105 Å². The van der Waals surface area contributed by atoms with E-state index in [1.807, 2.05) is 41.1 Å². The summed E-state index contributed by atoms with van der Waals surface area (Å²) in [6.07, 6.45) is 2.16. The quantitative estimate of drug-likeness (QED) is 0.371. The number of rotatable bonds is 6. The minimum atomic E-state index is -3.86. The minimum absolute atomic E-state index is 0.0250. The van der Waals surface area contributed by atoms with E-state index in [2.05, 4.69) is 4.72 Å². The number of carbonyl (C=O) groups is 1. The van der Waals surface area contributed by atoms with Gasteiger partial charge in [-0.05, 0) is 48.0 Å². The van der Waals surface area contributed by atoms with Gasteiger partial charge in [0.2, 0.25) is 0 Å². The van der Waals surface area contributed by atoms with Crippen molar-refractivity contribution < 1.29 is 32.2 Å². The SMILES string of the molecule is COc1cc2c(cc1OC)-n1cccc1[C@@H](c1ccc(NS(=O)(=O)c3ccc4c(c3)OCCO4)cc1)CC2=O. The Hall–Kier alpha value is -4.44. The van der Waals surface area contributed by atoms with Gasteiger partial charge in [0.1, 0.15) is 13.2 Å². The third-order valence-corrected chi connectivity index (χ3v) is 8.36. The fourth-order valence-corrected chi connectivity index (χ4v) is 6.14. The van der Waals surface area contributed by atoms with Crippen LogP contribution in [0.5, 0.6) is 23.0 Å². The average Bonchev–Trinajstić information content (AvgIpc) is 3.41. The van der Waals surface area contributed by atoms with Crippen LogP contribution in [0, 0.1) is 0 Å². The molecule has 1 aromatic heterocycles. The van der Waals surface area contributed by atoms with Crippen LogP contribution in [0.3, 0.4) is 0 Å². The number of nitrogens with one attached hydrogen (secondary N) is 1. The second-order valence-corrected chi connectivity index (χ2v) is 10.9. The number of anilines is 1. The third kappa shape index (κ3) is 4.46. The summed E-state index contributed by atoms with van der Waals surface area (Å²) in [5, 5.41) is 0. The number of methoxy groups -OCH3 is 2. The summed E-state index contributed by atoms with van der Waals surface area (Å²) in [5.41, 5.74) is 3.51. The van der Waals surface area contributed by atoms with Gasteiger partial charge in [-0.3, -0.25) is 9.52 Å². The van der Waals surface area contributed by atoms with Crippen molar-refractivity contribution in [3.05, 3.63) is 89.7 Å². The molecule has 0 radical (unpaired) electrons. The Kier molecular flexibility index (Phi) is 6.19. The van der Waals surface area contributed by atoms with E-state index >= 15 is 0 Å². The molecule has 0 saturated carbocycles. The number of aromatic nitrogens is 1. The highest BCUT2D eigenvalue weighted by Gasteiger charge is 2.30. The van der Waals surface area contributed by atoms with Gasteiger partial charge in [0.05, 0.1) is 24.8 Å². The van der Waals surface area contributed by atoms with Gasteiger partial charge < -0.3 is 23.5 Å². The summed E-state index contributed by atoms with van der Waals surface area (Å²) in [6.45, 7) is 0.792. The molecule has 3 aromatic carbocycles. The first kappa shape index (κ1) is 24.9. The highest BCUT2D eigenvalue weighted by atomic mass is 32.2. The Morgan fingerprint density at radius 3 is 2.36 bits per heavy atom. The molecule has 1 N–H and O–H groups in total. The van der Waals surface area contributed by atoms with E-state index in [9.17, 15) is 13.2 Å². The number of hydrogen-bond acceptors (Lipinski definition) is 7. The van der Waals surface area contributed by atoms with Crippen LogP contribution in [0.4, 0.5) is 5.69 Å². The largest absolute Gasteiger partial charge is 0.493 e. The number of Topliss-reactive ketones (excluding diaryl/α,β-unsaturated/α-hetero) is 1. The number of hydrogen-bond donors (Lipinski definition) is 1. The molecule has 0 amide bonds. The summed E-state index contributed by atoms with van der Waals surface area (Å²) >= 11 is 0. The molecule has 0 bridgehead atoms. The molecular formula is C29H26N2O7S. The summed E-state index contributed by atoms with van der Waals surface area (Å²) in [4.78, 5) is 13.5. The lowest BCUT2D eigenvalue weighted by Crippen LogP contribution is -2.17. The summed E-state index contributed by atoms with van der Waals surface area (Å²) in [7, 11) is -0.754. The number of nitrogens with zero attached hydrogens (tertiary/aromatic N) is 1. The fourth-order valence-electron chi connectivity index (χ4n) is 5.07. The predicted octanol–water partition coefficient (Wildman–Crippen LogP) is 4.78. The molecule has 39 heavy (non-hydrogen) atoms. The van der Waals surface area contributed by atoms with Crippen LogP contribution in [-0.4, -0.2) is 46.2 Å². The highest BCUT2D eigenvalue weighted by Crippen LogP contribution is 2.40. The molecule has 6 rings (SSSR count). The van der Waals surface area contributed by atoms with E-state index in [-0.39, 0.29) is 23.0 Å². The number of ketones is 1. The number of benzene rings is 3. The van der Waals surface area contributed by atoms with Crippen molar-refractivity contribution >= 4 is 21.5 Å². The summed E-state index contributed by atoms with van der Waals surface area (Å²) in [6, 6.07) is 19.1. The molecule has 0 fully saturated rings.